The van der Waals surface area contributed by atoms with Gasteiger partial charge in [0.05, 0.1) is 0 Å². The molecule has 2 aromatic carbocycles. The van der Waals surface area contributed by atoms with Crippen molar-refractivity contribution in [3.8, 4) is 11.5 Å². The predicted molar refractivity (Wildman–Crippen MR) is 96.3 cm³/mol. The highest BCUT2D eigenvalue weighted by Gasteiger charge is 2.12. The van der Waals surface area contributed by atoms with Gasteiger partial charge in [0.2, 0.25) is 0 Å². The summed E-state index contributed by atoms with van der Waals surface area (Å²) in [6.07, 6.45) is 5.40. The van der Waals surface area contributed by atoms with Gasteiger partial charge in [-0.1, -0.05) is 43.7 Å². The second-order valence-corrected chi connectivity index (χ2v) is 6.58. The fourth-order valence-corrected chi connectivity index (χ4v) is 3.21. The summed E-state index contributed by atoms with van der Waals surface area (Å²) < 4.78 is 5.86. The van der Waals surface area contributed by atoms with Crippen LogP contribution in [0.3, 0.4) is 0 Å². The van der Waals surface area contributed by atoms with Gasteiger partial charge >= 0.3 is 0 Å². The van der Waals surface area contributed by atoms with E-state index in [-0.39, 0.29) is 0 Å². The van der Waals surface area contributed by atoms with Crippen molar-refractivity contribution in [2.75, 3.05) is 19.6 Å². The molecule has 3 rings (SSSR count). The van der Waals surface area contributed by atoms with Crippen LogP contribution in [-0.4, -0.2) is 24.5 Å². The maximum atomic E-state index is 5.86. The van der Waals surface area contributed by atoms with Crippen LogP contribution >= 0.6 is 0 Å². The molecule has 0 amide bonds. The third-order valence-corrected chi connectivity index (χ3v) is 4.76. The molecule has 122 valence electrons. The summed E-state index contributed by atoms with van der Waals surface area (Å²) in [4.78, 5) is 2.62. The van der Waals surface area contributed by atoms with Gasteiger partial charge in [-0.25, -0.2) is 0 Å². The zero-order valence-corrected chi connectivity index (χ0v) is 14.1. The number of para-hydroxylation sites is 1. The van der Waals surface area contributed by atoms with Gasteiger partial charge in [0, 0.05) is 0 Å². The summed E-state index contributed by atoms with van der Waals surface area (Å²) in [5.41, 5.74) is 1.41. The van der Waals surface area contributed by atoms with E-state index in [0.29, 0.717) is 5.92 Å². The Bertz CT molecular complexity index is 573. The number of piperidine rings is 1. The molecule has 2 nitrogen and oxygen atoms in total. The minimum Gasteiger partial charge on any atom is -0.457 e. The number of likely N-dealkylation sites (tertiary alicyclic amines) is 1. The van der Waals surface area contributed by atoms with Crippen molar-refractivity contribution in [3.63, 3.8) is 0 Å². The molecule has 2 aromatic rings. The number of nitrogens with zero attached hydrogens (tertiary/aromatic N) is 1. The fraction of sp³-hybridized carbons (Fsp3) is 0.429. The van der Waals surface area contributed by atoms with Crippen LogP contribution in [0.1, 0.15) is 44.1 Å². The molecular formula is C21H27NO. The molecule has 2 heteroatoms. The van der Waals surface area contributed by atoms with Crippen molar-refractivity contribution in [1.29, 1.82) is 0 Å². The second kappa shape index (κ2) is 8.16. The molecule has 0 N–H and O–H groups in total. The lowest BCUT2D eigenvalue weighted by Gasteiger charge is -2.27. The van der Waals surface area contributed by atoms with E-state index < -0.39 is 0 Å². The van der Waals surface area contributed by atoms with Gasteiger partial charge in [0.25, 0.3) is 0 Å². The standard InChI is InChI=1S/C21H27NO/c1-18(14-17-22-15-6-3-7-16-22)19-10-12-21(13-11-19)23-20-8-4-2-5-9-20/h2,4-5,8-13,18H,3,6-7,14-17H2,1H3. The summed E-state index contributed by atoms with van der Waals surface area (Å²) in [5.74, 6) is 2.39. The van der Waals surface area contributed by atoms with E-state index in [1.807, 2.05) is 30.3 Å². The Kier molecular flexibility index (Phi) is 5.71. The maximum absolute atomic E-state index is 5.86. The van der Waals surface area contributed by atoms with Gasteiger partial charge in [-0.3, -0.25) is 0 Å². The number of hydrogen-bond donors (Lipinski definition) is 0. The van der Waals surface area contributed by atoms with E-state index in [1.54, 1.807) is 0 Å². The van der Waals surface area contributed by atoms with Crippen LogP contribution in [0.2, 0.25) is 0 Å². The molecule has 0 bridgehead atoms. The molecule has 23 heavy (non-hydrogen) atoms. The first-order chi connectivity index (χ1) is 11.3. The molecule has 0 radical (unpaired) electrons. The molecule has 1 aliphatic rings. The smallest absolute Gasteiger partial charge is 0.127 e. The van der Waals surface area contributed by atoms with E-state index in [1.165, 1.54) is 50.9 Å². The zero-order chi connectivity index (χ0) is 15.9. The fourth-order valence-electron chi connectivity index (χ4n) is 3.21. The summed E-state index contributed by atoms with van der Waals surface area (Å²) in [6, 6.07) is 18.5. The van der Waals surface area contributed by atoms with Crippen molar-refractivity contribution < 1.29 is 4.74 Å². The highest BCUT2D eigenvalue weighted by molar-refractivity contribution is 5.33. The van der Waals surface area contributed by atoms with E-state index in [0.717, 1.165) is 11.5 Å². The Morgan fingerprint density at radius 3 is 2.22 bits per heavy atom. The summed E-state index contributed by atoms with van der Waals surface area (Å²) in [6.45, 7) is 6.13. The molecule has 1 unspecified atom stereocenters. The average molecular weight is 309 g/mol. The lowest BCUT2D eigenvalue weighted by Crippen LogP contribution is -2.31. The van der Waals surface area contributed by atoms with Crippen LogP contribution in [-0.2, 0) is 0 Å². The Morgan fingerprint density at radius 1 is 0.870 bits per heavy atom. The summed E-state index contributed by atoms with van der Waals surface area (Å²) in [7, 11) is 0. The molecule has 0 spiro atoms. The zero-order valence-electron chi connectivity index (χ0n) is 14.1. The number of hydrogen-bond acceptors (Lipinski definition) is 2. The van der Waals surface area contributed by atoms with Crippen molar-refractivity contribution in [2.45, 2.75) is 38.5 Å². The first-order valence-electron chi connectivity index (χ1n) is 8.86. The van der Waals surface area contributed by atoms with E-state index in [2.05, 4.69) is 36.1 Å². The lowest BCUT2D eigenvalue weighted by molar-refractivity contribution is 0.222. The van der Waals surface area contributed by atoms with Gasteiger partial charge in [-0.15, -0.1) is 0 Å². The Morgan fingerprint density at radius 2 is 1.52 bits per heavy atom. The maximum Gasteiger partial charge on any atom is 0.127 e. The second-order valence-electron chi connectivity index (χ2n) is 6.58. The molecule has 0 aliphatic carbocycles. The van der Waals surface area contributed by atoms with Crippen LogP contribution in [0.5, 0.6) is 11.5 Å². The Labute approximate surface area is 140 Å². The third kappa shape index (κ3) is 4.84. The van der Waals surface area contributed by atoms with Gasteiger partial charge in [-0.2, -0.15) is 0 Å². The van der Waals surface area contributed by atoms with Crippen LogP contribution in [0.4, 0.5) is 0 Å². The molecule has 1 aliphatic heterocycles. The predicted octanol–water partition coefficient (Wildman–Crippen LogP) is 5.46. The molecule has 0 aromatic heterocycles. The molecular weight excluding hydrogens is 282 g/mol. The van der Waals surface area contributed by atoms with Crippen LogP contribution < -0.4 is 4.74 Å². The van der Waals surface area contributed by atoms with Crippen LogP contribution in [0.15, 0.2) is 54.6 Å². The van der Waals surface area contributed by atoms with E-state index in [4.69, 9.17) is 4.74 Å². The SMILES string of the molecule is CC(CCN1CCCCC1)c1ccc(Oc2ccccc2)cc1. The lowest BCUT2D eigenvalue weighted by atomic mass is 9.97. The molecule has 1 saturated heterocycles. The van der Waals surface area contributed by atoms with Gasteiger partial charge < -0.3 is 9.64 Å². The van der Waals surface area contributed by atoms with E-state index >= 15 is 0 Å². The molecule has 1 heterocycles. The van der Waals surface area contributed by atoms with Crippen LogP contribution in [0, 0.1) is 0 Å². The average Bonchev–Trinajstić information content (AvgIpc) is 2.62. The third-order valence-electron chi connectivity index (χ3n) is 4.76. The quantitative estimate of drug-likeness (QED) is 0.702. The van der Waals surface area contributed by atoms with Gasteiger partial charge in [-0.05, 0) is 74.6 Å². The molecule has 1 fully saturated rings. The largest absolute Gasteiger partial charge is 0.457 e. The highest BCUT2D eigenvalue weighted by atomic mass is 16.5. The van der Waals surface area contributed by atoms with Crippen molar-refractivity contribution in [3.05, 3.63) is 60.2 Å². The van der Waals surface area contributed by atoms with Crippen molar-refractivity contribution in [2.24, 2.45) is 0 Å². The van der Waals surface area contributed by atoms with Gasteiger partial charge in [0.1, 0.15) is 11.5 Å². The van der Waals surface area contributed by atoms with Gasteiger partial charge in [0.15, 0.2) is 0 Å². The minimum absolute atomic E-state index is 0.600. The van der Waals surface area contributed by atoms with E-state index in [9.17, 15) is 0 Å². The number of benzene rings is 2. The molecule has 0 saturated carbocycles. The normalized spacial score (nSPS) is 16.9. The van der Waals surface area contributed by atoms with Crippen molar-refractivity contribution >= 4 is 0 Å². The number of rotatable bonds is 6. The highest BCUT2D eigenvalue weighted by Crippen LogP contribution is 2.25. The summed E-state index contributed by atoms with van der Waals surface area (Å²) >= 11 is 0. The van der Waals surface area contributed by atoms with Crippen LogP contribution in [0.25, 0.3) is 0 Å². The topological polar surface area (TPSA) is 12.5 Å². The first-order valence-corrected chi connectivity index (χ1v) is 8.86. The Hall–Kier alpha value is -1.80. The molecule has 1 atom stereocenters. The minimum atomic E-state index is 0.600. The monoisotopic (exact) mass is 309 g/mol. The van der Waals surface area contributed by atoms with Crippen molar-refractivity contribution in [1.82, 2.24) is 4.90 Å². The Balaban J connectivity index is 1.51. The summed E-state index contributed by atoms with van der Waals surface area (Å²) in [5, 5.41) is 0. The number of ether oxygens (including phenoxy) is 1. The first kappa shape index (κ1) is 16.1.